The lowest BCUT2D eigenvalue weighted by Gasteiger charge is -2.19. The summed E-state index contributed by atoms with van der Waals surface area (Å²) >= 11 is 0. The molecule has 1 aromatic heterocycles. The monoisotopic (exact) mass is 343 g/mol. The average Bonchev–Trinajstić information content (AvgIpc) is 3.24. The normalized spacial score (nSPS) is 19.8. The third-order valence-corrected chi connectivity index (χ3v) is 4.48. The molecule has 0 aliphatic carbocycles. The molecule has 134 valence electrons. The Morgan fingerprint density at radius 3 is 3.00 bits per heavy atom. The number of amides is 1. The number of hydrogen-bond donors (Lipinski definition) is 1. The zero-order valence-electron chi connectivity index (χ0n) is 14.8. The van der Waals surface area contributed by atoms with E-state index in [4.69, 9.17) is 9.47 Å². The van der Waals surface area contributed by atoms with Gasteiger partial charge in [0.15, 0.2) is 5.75 Å². The maximum atomic E-state index is 12.3. The molecule has 2 heterocycles. The Hall–Kier alpha value is -2.34. The van der Waals surface area contributed by atoms with Gasteiger partial charge in [-0.25, -0.2) is 0 Å². The van der Waals surface area contributed by atoms with E-state index in [0.29, 0.717) is 25.4 Å². The van der Waals surface area contributed by atoms with Crippen LogP contribution in [-0.4, -0.2) is 41.0 Å². The summed E-state index contributed by atoms with van der Waals surface area (Å²) < 4.78 is 13.2. The Bertz CT molecular complexity index is 713. The standard InChI is InChI=1S/C19H25N3O3/c1-3-22-11-16(10-20-22)25-18-13-24-12-17(18)21-19(23)9-8-15-7-5-4-6-14(15)2/h4-7,10-11,17-18H,3,8-9,12-13H2,1-2H3,(H,21,23)/t17-,18+/m0/s1. The van der Waals surface area contributed by atoms with Gasteiger partial charge in [-0.05, 0) is 31.4 Å². The fraction of sp³-hybridized carbons (Fsp3) is 0.474. The highest BCUT2D eigenvalue weighted by molar-refractivity contribution is 5.76. The molecule has 0 radical (unpaired) electrons. The van der Waals surface area contributed by atoms with Gasteiger partial charge in [0.05, 0.1) is 31.6 Å². The van der Waals surface area contributed by atoms with Crippen LogP contribution in [0.1, 0.15) is 24.5 Å². The van der Waals surface area contributed by atoms with Crippen molar-refractivity contribution in [2.75, 3.05) is 13.2 Å². The Morgan fingerprint density at radius 1 is 1.40 bits per heavy atom. The molecule has 6 heteroatoms. The molecule has 0 saturated carbocycles. The van der Waals surface area contributed by atoms with E-state index in [0.717, 1.165) is 13.0 Å². The van der Waals surface area contributed by atoms with Gasteiger partial charge in [0.25, 0.3) is 0 Å². The number of hydrogen-bond acceptors (Lipinski definition) is 4. The lowest BCUT2D eigenvalue weighted by atomic mass is 10.0. The van der Waals surface area contributed by atoms with Gasteiger partial charge in [-0.1, -0.05) is 24.3 Å². The third-order valence-electron chi connectivity index (χ3n) is 4.48. The summed E-state index contributed by atoms with van der Waals surface area (Å²) in [5.74, 6) is 0.730. The predicted octanol–water partition coefficient (Wildman–Crippen LogP) is 2.11. The van der Waals surface area contributed by atoms with Crippen LogP contribution in [0, 0.1) is 6.92 Å². The second kappa shape index (κ2) is 8.16. The molecule has 0 spiro atoms. The first-order chi connectivity index (χ1) is 12.2. The predicted molar refractivity (Wildman–Crippen MR) is 94.6 cm³/mol. The third kappa shape index (κ3) is 4.60. The summed E-state index contributed by atoms with van der Waals surface area (Å²) in [6, 6.07) is 8.02. The molecule has 25 heavy (non-hydrogen) atoms. The number of carbonyl (C=O) groups excluding carboxylic acids is 1. The van der Waals surface area contributed by atoms with Crippen molar-refractivity contribution in [1.82, 2.24) is 15.1 Å². The van der Waals surface area contributed by atoms with Crippen molar-refractivity contribution < 1.29 is 14.3 Å². The summed E-state index contributed by atoms with van der Waals surface area (Å²) in [6.07, 6.45) is 4.56. The molecule has 1 amide bonds. The highest BCUT2D eigenvalue weighted by Gasteiger charge is 2.31. The van der Waals surface area contributed by atoms with Gasteiger partial charge in [-0.3, -0.25) is 9.48 Å². The van der Waals surface area contributed by atoms with E-state index >= 15 is 0 Å². The van der Waals surface area contributed by atoms with Crippen LogP contribution in [0.15, 0.2) is 36.7 Å². The van der Waals surface area contributed by atoms with E-state index in [9.17, 15) is 4.79 Å². The molecule has 1 N–H and O–H groups in total. The molecule has 1 fully saturated rings. The van der Waals surface area contributed by atoms with Crippen molar-refractivity contribution in [1.29, 1.82) is 0 Å². The number of ether oxygens (including phenoxy) is 2. The first-order valence-electron chi connectivity index (χ1n) is 8.76. The molecule has 0 bridgehead atoms. The lowest BCUT2D eigenvalue weighted by molar-refractivity contribution is -0.122. The number of nitrogens with zero attached hydrogens (tertiary/aromatic N) is 2. The number of carbonyl (C=O) groups is 1. The minimum atomic E-state index is -0.183. The molecule has 1 aliphatic rings. The van der Waals surface area contributed by atoms with Gasteiger partial charge >= 0.3 is 0 Å². The fourth-order valence-corrected chi connectivity index (χ4v) is 2.96. The summed E-state index contributed by atoms with van der Waals surface area (Å²) in [7, 11) is 0. The Labute approximate surface area is 148 Å². The first-order valence-corrected chi connectivity index (χ1v) is 8.76. The number of aromatic nitrogens is 2. The SMILES string of the molecule is CCn1cc(O[C@@H]2COC[C@@H]2NC(=O)CCc2ccccc2C)cn1. The number of rotatable bonds is 7. The Morgan fingerprint density at radius 2 is 2.24 bits per heavy atom. The number of benzene rings is 1. The van der Waals surface area contributed by atoms with Crippen LogP contribution in [-0.2, 0) is 22.5 Å². The van der Waals surface area contributed by atoms with Crippen LogP contribution in [0.2, 0.25) is 0 Å². The topological polar surface area (TPSA) is 65.4 Å². The fourth-order valence-electron chi connectivity index (χ4n) is 2.96. The molecule has 1 aromatic carbocycles. The first kappa shape index (κ1) is 17.5. The van der Waals surface area contributed by atoms with Crippen LogP contribution in [0.25, 0.3) is 0 Å². The van der Waals surface area contributed by atoms with Crippen molar-refractivity contribution >= 4 is 5.91 Å². The summed E-state index contributed by atoms with van der Waals surface area (Å²) in [4.78, 5) is 12.3. The zero-order chi connectivity index (χ0) is 17.6. The zero-order valence-corrected chi connectivity index (χ0v) is 14.8. The maximum Gasteiger partial charge on any atom is 0.220 e. The average molecular weight is 343 g/mol. The molecular formula is C19H25N3O3. The molecule has 0 unspecified atom stereocenters. The molecule has 3 rings (SSSR count). The van der Waals surface area contributed by atoms with Crippen LogP contribution in [0.3, 0.4) is 0 Å². The van der Waals surface area contributed by atoms with Crippen molar-refractivity contribution in [3.63, 3.8) is 0 Å². The molecule has 1 saturated heterocycles. The second-order valence-corrected chi connectivity index (χ2v) is 6.33. The van der Waals surface area contributed by atoms with E-state index in [1.165, 1.54) is 11.1 Å². The van der Waals surface area contributed by atoms with Crippen LogP contribution >= 0.6 is 0 Å². The number of nitrogens with one attached hydrogen (secondary N) is 1. The van der Waals surface area contributed by atoms with Crippen LogP contribution in [0.5, 0.6) is 5.75 Å². The van der Waals surface area contributed by atoms with E-state index in [2.05, 4.69) is 29.5 Å². The van der Waals surface area contributed by atoms with Crippen LogP contribution in [0.4, 0.5) is 0 Å². The van der Waals surface area contributed by atoms with E-state index in [1.54, 1.807) is 10.9 Å². The van der Waals surface area contributed by atoms with Gasteiger partial charge < -0.3 is 14.8 Å². The van der Waals surface area contributed by atoms with Gasteiger partial charge in [0, 0.05) is 13.0 Å². The van der Waals surface area contributed by atoms with Gasteiger partial charge in [-0.15, -0.1) is 0 Å². The molecule has 6 nitrogen and oxygen atoms in total. The molecule has 2 atom stereocenters. The molecule has 1 aliphatic heterocycles. The minimum Gasteiger partial charge on any atom is -0.482 e. The molecule has 2 aromatic rings. The highest BCUT2D eigenvalue weighted by atomic mass is 16.5. The Kier molecular flexibility index (Phi) is 5.71. The van der Waals surface area contributed by atoms with Crippen LogP contribution < -0.4 is 10.1 Å². The summed E-state index contributed by atoms with van der Waals surface area (Å²) in [5, 5.41) is 7.24. The summed E-state index contributed by atoms with van der Waals surface area (Å²) in [5.41, 5.74) is 2.42. The van der Waals surface area contributed by atoms with Crippen molar-refractivity contribution in [2.45, 2.75) is 45.4 Å². The van der Waals surface area contributed by atoms with Gasteiger partial charge in [0.1, 0.15) is 6.10 Å². The largest absolute Gasteiger partial charge is 0.482 e. The maximum absolute atomic E-state index is 12.3. The van der Waals surface area contributed by atoms with Crippen molar-refractivity contribution in [3.05, 3.63) is 47.8 Å². The smallest absolute Gasteiger partial charge is 0.220 e. The quantitative estimate of drug-likeness (QED) is 0.836. The molecular weight excluding hydrogens is 318 g/mol. The highest BCUT2D eigenvalue weighted by Crippen LogP contribution is 2.17. The summed E-state index contributed by atoms with van der Waals surface area (Å²) in [6.45, 7) is 5.83. The minimum absolute atomic E-state index is 0.0246. The van der Waals surface area contributed by atoms with Gasteiger partial charge in [0.2, 0.25) is 5.91 Å². The Balaban J connectivity index is 1.50. The number of aryl methyl sites for hydroxylation is 3. The van der Waals surface area contributed by atoms with Crippen molar-refractivity contribution in [3.8, 4) is 5.75 Å². The lowest BCUT2D eigenvalue weighted by Crippen LogP contribution is -2.45. The van der Waals surface area contributed by atoms with E-state index in [1.807, 2.05) is 25.3 Å². The second-order valence-electron chi connectivity index (χ2n) is 6.33. The van der Waals surface area contributed by atoms with E-state index in [-0.39, 0.29) is 18.1 Å². The van der Waals surface area contributed by atoms with Gasteiger partial charge in [-0.2, -0.15) is 5.10 Å². The van der Waals surface area contributed by atoms with Crippen molar-refractivity contribution in [2.24, 2.45) is 0 Å². The van der Waals surface area contributed by atoms with E-state index < -0.39 is 0 Å².